The van der Waals surface area contributed by atoms with E-state index in [0.717, 1.165) is 0 Å². The average molecular weight is 360 g/mol. The van der Waals surface area contributed by atoms with Gasteiger partial charge >= 0.3 is 18.1 Å². The van der Waals surface area contributed by atoms with Gasteiger partial charge in [0.15, 0.2) is 0 Å². The Labute approximate surface area is 118 Å². The highest BCUT2D eigenvalue weighted by atomic mass is 79.9. The molecular formula is C10H9BrF3NO3S. The topological polar surface area (TPSA) is 66.4 Å². The van der Waals surface area contributed by atoms with Crippen molar-refractivity contribution in [3.05, 3.63) is 20.8 Å². The van der Waals surface area contributed by atoms with E-state index >= 15 is 0 Å². The molecule has 0 aliphatic heterocycles. The van der Waals surface area contributed by atoms with E-state index in [1.165, 1.54) is 11.3 Å². The van der Waals surface area contributed by atoms with Gasteiger partial charge in [-0.1, -0.05) is 0 Å². The minimum Gasteiger partial charge on any atom is -0.481 e. The first-order valence-corrected chi connectivity index (χ1v) is 6.68. The number of carboxylic acids is 1. The van der Waals surface area contributed by atoms with Crippen LogP contribution < -0.4 is 5.32 Å². The van der Waals surface area contributed by atoms with Gasteiger partial charge in [0.05, 0.1) is 6.42 Å². The molecule has 0 saturated carbocycles. The lowest BCUT2D eigenvalue weighted by molar-refractivity contribution is -0.173. The predicted molar refractivity (Wildman–Crippen MR) is 66.1 cm³/mol. The molecule has 1 aromatic rings. The van der Waals surface area contributed by atoms with E-state index < -0.39 is 24.0 Å². The molecule has 0 aliphatic rings. The SMILES string of the molecule is O=C(O)CC(CNC(=O)C(F)(F)F)c1cc(Br)cs1. The normalized spacial score (nSPS) is 13.1. The summed E-state index contributed by atoms with van der Waals surface area (Å²) < 4.78 is 36.8. The van der Waals surface area contributed by atoms with E-state index in [2.05, 4.69) is 15.9 Å². The van der Waals surface area contributed by atoms with Crippen LogP contribution in [0.3, 0.4) is 0 Å². The Kier molecular flexibility index (Phi) is 5.36. The van der Waals surface area contributed by atoms with Crippen molar-refractivity contribution in [2.24, 2.45) is 0 Å². The van der Waals surface area contributed by atoms with Crippen LogP contribution in [0.4, 0.5) is 13.2 Å². The molecule has 1 heterocycles. The van der Waals surface area contributed by atoms with Gasteiger partial charge < -0.3 is 10.4 Å². The van der Waals surface area contributed by atoms with E-state index in [9.17, 15) is 22.8 Å². The molecule has 1 rings (SSSR count). The molecule has 0 radical (unpaired) electrons. The van der Waals surface area contributed by atoms with Crippen molar-refractivity contribution < 1.29 is 27.9 Å². The molecular weight excluding hydrogens is 351 g/mol. The number of amides is 1. The first-order valence-electron chi connectivity index (χ1n) is 5.01. The summed E-state index contributed by atoms with van der Waals surface area (Å²) in [6, 6.07) is 1.62. The van der Waals surface area contributed by atoms with Crippen molar-refractivity contribution >= 4 is 39.1 Å². The second-order valence-electron chi connectivity index (χ2n) is 3.67. The molecule has 106 valence electrons. The van der Waals surface area contributed by atoms with Gasteiger partial charge in [0, 0.05) is 27.2 Å². The van der Waals surface area contributed by atoms with Crippen molar-refractivity contribution in [2.45, 2.75) is 18.5 Å². The van der Waals surface area contributed by atoms with Gasteiger partial charge in [-0.2, -0.15) is 13.2 Å². The molecule has 0 aromatic carbocycles. The third-order valence-electron chi connectivity index (χ3n) is 2.18. The second-order valence-corrected chi connectivity index (χ2v) is 5.53. The van der Waals surface area contributed by atoms with E-state index in [1.807, 2.05) is 0 Å². The van der Waals surface area contributed by atoms with Crippen LogP contribution in [0.25, 0.3) is 0 Å². The van der Waals surface area contributed by atoms with Crippen molar-refractivity contribution in [1.82, 2.24) is 5.32 Å². The molecule has 1 atom stereocenters. The summed E-state index contributed by atoms with van der Waals surface area (Å²) in [5, 5.41) is 12.1. The van der Waals surface area contributed by atoms with Crippen molar-refractivity contribution in [1.29, 1.82) is 0 Å². The van der Waals surface area contributed by atoms with Gasteiger partial charge in [0.25, 0.3) is 0 Å². The van der Waals surface area contributed by atoms with Crippen molar-refractivity contribution in [3.63, 3.8) is 0 Å². The smallest absolute Gasteiger partial charge is 0.471 e. The van der Waals surface area contributed by atoms with Crippen LogP contribution in [0.15, 0.2) is 15.9 Å². The fourth-order valence-corrected chi connectivity index (χ4v) is 2.89. The number of rotatable bonds is 5. The second kappa shape index (κ2) is 6.38. The molecule has 0 spiro atoms. The number of carboxylic acid groups (broad SMARTS) is 1. The molecule has 1 aromatic heterocycles. The van der Waals surface area contributed by atoms with Crippen LogP contribution in [0.2, 0.25) is 0 Å². The molecule has 0 aliphatic carbocycles. The Morgan fingerprint density at radius 1 is 1.47 bits per heavy atom. The zero-order valence-corrected chi connectivity index (χ0v) is 11.7. The Morgan fingerprint density at radius 3 is 2.53 bits per heavy atom. The van der Waals surface area contributed by atoms with Gasteiger partial charge in [-0.3, -0.25) is 9.59 Å². The molecule has 2 N–H and O–H groups in total. The number of halogens is 4. The highest BCUT2D eigenvalue weighted by Gasteiger charge is 2.38. The molecule has 1 unspecified atom stereocenters. The maximum Gasteiger partial charge on any atom is 0.471 e. The third-order valence-corrected chi connectivity index (χ3v) is 4.03. The Bertz CT molecular complexity index is 475. The first kappa shape index (κ1) is 16.0. The summed E-state index contributed by atoms with van der Waals surface area (Å²) in [7, 11) is 0. The van der Waals surface area contributed by atoms with Gasteiger partial charge in [0.2, 0.25) is 0 Å². The minimum absolute atomic E-state index is 0.356. The lowest BCUT2D eigenvalue weighted by atomic mass is 10.0. The standard InChI is InChI=1S/C10H9BrF3NO3S/c11-6-2-7(19-4-6)5(1-8(16)17)3-15-9(18)10(12,13)14/h2,4-5H,1,3H2,(H,15,18)(H,16,17). The number of hydrogen-bond donors (Lipinski definition) is 2. The lowest BCUT2D eigenvalue weighted by Crippen LogP contribution is -2.39. The van der Waals surface area contributed by atoms with E-state index in [-0.39, 0.29) is 13.0 Å². The summed E-state index contributed by atoms with van der Waals surface area (Å²) in [6.45, 7) is -0.377. The number of carbonyl (C=O) groups is 2. The van der Waals surface area contributed by atoms with E-state index in [0.29, 0.717) is 9.35 Å². The summed E-state index contributed by atoms with van der Waals surface area (Å²) in [5.74, 6) is -3.91. The monoisotopic (exact) mass is 359 g/mol. The van der Waals surface area contributed by atoms with E-state index in [4.69, 9.17) is 5.11 Å². The van der Waals surface area contributed by atoms with Crippen LogP contribution in [0, 0.1) is 0 Å². The Morgan fingerprint density at radius 2 is 2.11 bits per heavy atom. The van der Waals surface area contributed by atoms with Crippen LogP contribution >= 0.6 is 27.3 Å². The molecule has 0 saturated heterocycles. The number of thiophene rings is 1. The first-order chi connectivity index (χ1) is 8.70. The number of aliphatic carboxylic acids is 1. The summed E-state index contributed by atoms with van der Waals surface area (Å²) in [5.41, 5.74) is 0. The largest absolute Gasteiger partial charge is 0.481 e. The molecule has 9 heteroatoms. The van der Waals surface area contributed by atoms with Crippen molar-refractivity contribution in [3.8, 4) is 0 Å². The zero-order chi connectivity index (χ0) is 14.6. The van der Waals surface area contributed by atoms with Crippen LogP contribution in [-0.4, -0.2) is 29.7 Å². The quantitative estimate of drug-likeness (QED) is 0.849. The predicted octanol–water partition coefficient (Wildman–Crippen LogP) is 2.75. The van der Waals surface area contributed by atoms with Gasteiger partial charge in [-0.05, 0) is 22.0 Å². The van der Waals surface area contributed by atoms with Crippen LogP contribution in [-0.2, 0) is 9.59 Å². The Balaban J connectivity index is 2.71. The van der Waals surface area contributed by atoms with E-state index in [1.54, 1.807) is 16.8 Å². The fourth-order valence-electron chi connectivity index (χ4n) is 1.34. The maximum absolute atomic E-state index is 12.0. The zero-order valence-electron chi connectivity index (χ0n) is 9.33. The van der Waals surface area contributed by atoms with Crippen molar-refractivity contribution in [2.75, 3.05) is 6.54 Å². The molecule has 0 bridgehead atoms. The number of alkyl halides is 3. The number of carbonyl (C=O) groups excluding carboxylic acids is 1. The summed E-state index contributed by atoms with van der Waals surface area (Å²) >= 11 is 4.39. The van der Waals surface area contributed by atoms with Gasteiger partial charge in [-0.15, -0.1) is 11.3 Å². The molecule has 19 heavy (non-hydrogen) atoms. The number of nitrogens with one attached hydrogen (secondary N) is 1. The van der Waals surface area contributed by atoms with Crippen LogP contribution in [0.1, 0.15) is 17.2 Å². The molecule has 0 fully saturated rings. The Hall–Kier alpha value is -1.09. The highest BCUT2D eigenvalue weighted by molar-refractivity contribution is 9.10. The summed E-state index contributed by atoms with van der Waals surface area (Å²) in [4.78, 5) is 22.0. The van der Waals surface area contributed by atoms with Crippen LogP contribution in [0.5, 0.6) is 0 Å². The fraction of sp³-hybridized carbons (Fsp3) is 0.400. The average Bonchev–Trinajstić information content (AvgIpc) is 2.68. The molecule has 4 nitrogen and oxygen atoms in total. The van der Waals surface area contributed by atoms with Gasteiger partial charge in [0.1, 0.15) is 0 Å². The highest BCUT2D eigenvalue weighted by Crippen LogP contribution is 2.29. The van der Waals surface area contributed by atoms with Gasteiger partial charge in [-0.25, -0.2) is 0 Å². The lowest BCUT2D eigenvalue weighted by Gasteiger charge is -2.15. The summed E-state index contributed by atoms with van der Waals surface area (Å²) in [6.07, 6.45) is -5.32. The third kappa shape index (κ3) is 5.19. The molecule has 1 amide bonds. The minimum atomic E-state index is -4.97. The number of hydrogen-bond acceptors (Lipinski definition) is 3. The maximum atomic E-state index is 12.0.